The average Bonchev–Trinajstić information content (AvgIpc) is 3.17. The second kappa shape index (κ2) is 9.85. The van der Waals surface area contributed by atoms with Gasteiger partial charge in [-0.3, -0.25) is 24.5 Å². The number of benzene rings is 2. The fourth-order valence-electron chi connectivity index (χ4n) is 5.58. The van der Waals surface area contributed by atoms with Crippen LogP contribution in [0, 0.1) is 11.7 Å². The van der Waals surface area contributed by atoms with Gasteiger partial charge in [0.15, 0.2) is 0 Å². The van der Waals surface area contributed by atoms with Crippen LogP contribution in [-0.4, -0.2) is 34.6 Å². The summed E-state index contributed by atoms with van der Waals surface area (Å²) in [5.74, 6) is -3.10. The highest BCUT2D eigenvalue weighted by atomic mass is 19.4. The van der Waals surface area contributed by atoms with Gasteiger partial charge >= 0.3 is 6.18 Å². The Bertz CT molecular complexity index is 1320. The van der Waals surface area contributed by atoms with E-state index < -0.39 is 41.3 Å². The van der Waals surface area contributed by atoms with Crippen molar-refractivity contribution in [2.24, 2.45) is 5.92 Å². The van der Waals surface area contributed by atoms with E-state index in [0.29, 0.717) is 18.4 Å². The largest absolute Gasteiger partial charge is 0.416 e. The van der Waals surface area contributed by atoms with Gasteiger partial charge in [-0.25, -0.2) is 4.39 Å². The van der Waals surface area contributed by atoms with Crippen LogP contribution in [0.4, 0.5) is 17.6 Å². The van der Waals surface area contributed by atoms with E-state index >= 15 is 4.39 Å². The number of nitrogens with one attached hydrogen (secondary N) is 2. The summed E-state index contributed by atoms with van der Waals surface area (Å²) >= 11 is 0. The van der Waals surface area contributed by atoms with Gasteiger partial charge in [-0.15, -0.1) is 0 Å². The van der Waals surface area contributed by atoms with Crippen molar-refractivity contribution in [1.29, 1.82) is 0 Å². The van der Waals surface area contributed by atoms with Crippen LogP contribution in [0.3, 0.4) is 0 Å². The highest BCUT2D eigenvalue weighted by Crippen LogP contribution is 2.47. The van der Waals surface area contributed by atoms with Gasteiger partial charge in [0.2, 0.25) is 17.7 Å². The monoisotopic (exact) mass is 531 g/mol. The van der Waals surface area contributed by atoms with E-state index in [9.17, 15) is 32.3 Å². The van der Waals surface area contributed by atoms with Crippen molar-refractivity contribution >= 4 is 23.6 Å². The summed E-state index contributed by atoms with van der Waals surface area (Å²) in [7, 11) is 0. The highest BCUT2D eigenvalue weighted by molar-refractivity contribution is 6.05. The lowest BCUT2D eigenvalue weighted by atomic mass is 9.69. The third-order valence-corrected chi connectivity index (χ3v) is 7.60. The third-order valence-electron chi connectivity index (χ3n) is 7.60. The van der Waals surface area contributed by atoms with Gasteiger partial charge in [-0.05, 0) is 48.3 Å². The molecule has 7 nitrogen and oxygen atoms in total. The van der Waals surface area contributed by atoms with Crippen LogP contribution in [0.2, 0.25) is 0 Å². The number of fused-ring (bicyclic) bond motifs is 1. The Kier molecular flexibility index (Phi) is 6.70. The lowest BCUT2D eigenvalue weighted by molar-refractivity contribution is -0.139. The lowest BCUT2D eigenvalue weighted by Gasteiger charge is -2.36. The average molecular weight is 532 g/mol. The maximum atomic E-state index is 15.2. The molecule has 2 heterocycles. The van der Waals surface area contributed by atoms with Gasteiger partial charge in [-0.1, -0.05) is 30.3 Å². The minimum Gasteiger partial charge on any atom is -0.352 e. The number of nitrogens with zero attached hydrogens (tertiary/aromatic N) is 1. The fourth-order valence-corrected chi connectivity index (χ4v) is 5.58. The summed E-state index contributed by atoms with van der Waals surface area (Å²) in [5, 5.41) is 4.83. The standard InChI is InChI=1S/C27H25F4N3O4/c28-24-15(5-6-16-13-34(26(38)23(16)24)20-7-8-21(35)33-25(20)37)12-32-22(36)11-14-9-17(10-14)18-3-1-2-4-19(18)27(29,30)31/h1-6,14,17,20H,7-13H2,(H,32,36)(H,33,35,37). The van der Waals surface area contributed by atoms with Crippen molar-refractivity contribution in [3.8, 4) is 0 Å². The summed E-state index contributed by atoms with van der Waals surface area (Å²) in [6.45, 7) is -0.110. The number of amides is 4. The number of halogens is 4. The smallest absolute Gasteiger partial charge is 0.352 e. The molecule has 4 amide bonds. The first-order valence-corrected chi connectivity index (χ1v) is 12.4. The molecule has 200 valence electrons. The van der Waals surface area contributed by atoms with E-state index in [4.69, 9.17) is 0 Å². The molecule has 38 heavy (non-hydrogen) atoms. The quantitative estimate of drug-likeness (QED) is 0.438. The zero-order chi connectivity index (χ0) is 27.2. The van der Waals surface area contributed by atoms with Gasteiger partial charge in [0.05, 0.1) is 11.1 Å². The van der Waals surface area contributed by atoms with Crippen molar-refractivity contribution in [3.05, 3.63) is 70.0 Å². The van der Waals surface area contributed by atoms with E-state index in [1.807, 2.05) is 0 Å². The molecular weight excluding hydrogens is 506 g/mol. The van der Waals surface area contributed by atoms with E-state index in [2.05, 4.69) is 10.6 Å². The number of carbonyl (C=O) groups is 4. The molecule has 0 radical (unpaired) electrons. The van der Waals surface area contributed by atoms with Gasteiger partial charge in [-0.2, -0.15) is 13.2 Å². The first kappa shape index (κ1) is 25.9. The number of imide groups is 1. The molecule has 1 atom stereocenters. The molecule has 11 heteroatoms. The molecule has 3 aliphatic rings. The summed E-state index contributed by atoms with van der Waals surface area (Å²) in [6, 6.07) is 7.67. The Hall–Kier alpha value is -3.76. The summed E-state index contributed by atoms with van der Waals surface area (Å²) in [6.07, 6.45) is -3.15. The molecule has 1 unspecified atom stereocenters. The predicted molar refractivity (Wildman–Crippen MR) is 126 cm³/mol. The van der Waals surface area contributed by atoms with E-state index in [1.54, 1.807) is 12.1 Å². The maximum Gasteiger partial charge on any atom is 0.416 e. The zero-order valence-corrected chi connectivity index (χ0v) is 20.2. The van der Waals surface area contributed by atoms with E-state index in [-0.39, 0.29) is 66.8 Å². The van der Waals surface area contributed by atoms with Crippen LogP contribution in [0.15, 0.2) is 36.4 Å². The van der Waals surface area contributed by atoms with Crippen LogP contribution in [0.25, 0.3) is 0 Å². The Morgan fingerprint density at radius 2 is 1.82 bits per heavy atom. The fraction of sp³-hybridized carbons (Fsp3) is 0.407. The molecule has 2 N–H and O–H groups in total. The molecule has 2 fully saturated rings. The normalized spacial score (nSPS) is 23.1. The number of alkyl halides is 3. The molecule has 2 aliphatic heterocycles. The molecule has 1 aliphatic carbocycles. The SMILES string of the molecule is O=C(CC1CC(c2ccccc2C(F)(F)F)C1)NCc1ccc2c(c1F)C(=O)N(C1CCC(=O)NC1=O)C2. The van der Waals surface area contributed by atoms with Crippen LogP contribution in [-0.2, 0) is 33.6 Å². The summed E-state index contributed by atoms with van der Waals surface area (Å²) in [4.78, 5) is 50.2. The minimum atomic E-state index is -4.43. The topological polar surface area (TPSA) is 95.6 Å². The summed E-state index contributed by atoms with van der Waals surface area (Å²) < 4.78 is 55.1. The van der Waals surface area contributed by atoms with Crippen LogP contribution >= 0.6 is 0 Å². The van der Waals surface area contributed by atoms with E-state index in [1.165, 1.54) is 23.1 Å². The molecule has 1 saturated heterocycles. The molecular formula is C27H25F4N3O4. The van der Waals surface area contributed by atoms with Gasteiger partial charge < -0.3 is 10.2 Å². The lowest BCUT2D eigenvalue weighted by Crippen LogP contribution is -2.52. The first-order chi connectivity index (χ1) is 18.0. The Balaban J connectivity index is 1.16. The Labute approximate surface area is 215 Å². The van der Waals surface area contributed by atoms with Crippen molar-refractivity contribution in [1.82, 2.24) is 15.5 Å². The molecule has 2 aromatic carbocycles. The summed E-state index contributed by atoms with van der Waals surface area (Å²) in [5.41, 5.74) is -0.0155. The van der Waals surface area contributed by atoms with Gasteiger partial charge in [0.1, 0.15) is 11.9 Å². The maximum absolute atomic E-state index is 15.2. The number of rotatable bonds is 6. The minimum absolute atomic E-state index is 0.0459. The van der Waals surface area contributed by atoms with Crippen LogP contribution < -0.4 is 10.6 Å². The van der Waals surface area contributed by atoms with Crippen molar-refractivity contribution in [2.75, 3.05) is 0 Å². The number of piperidine rings is 1. The van der Waals surface area contributed by atoms with Gasteiger partial charge in [0.25, 0.3) is 5.91 Å². The number of hydrogen-bond donors (Lipinski definition) is 2. The van der Waals surface area contributed by atoms with Crippen LogP contribution in [0.1, 0.15) is 70.6 Å². The van der Waals surface area contributed by atoms with Crippen LogP contribution in [0.5, 0.6) is 0 Å². The molecule has 1 saturated carbocycles. The van der Waals surface area contributed by atoms with E-state index in [0.717, 1.165) is 6.07 Å². The molecule has 5 rings (SSSR count). The Morgan fingerprint density at radius 3 is 2.53 bits per heavy atom. The first-order valence-electron chi connectivity index (χ1n) is 12.4. The Morgan fingerprint density at radius 1 is 1.08 bits per heavy atom. The molecule has 0 spiro atoms. The van der Waals surface area contributed by atoms with Crippen molar-refractivity contribution in [3.63, 3.8) is 0 Å². The predicted octanol–water partition coefficient (Wildman–Crippen LogP) is 3.81. The highest BCUT2D eigenvalue weighted by Gasteiger charge is 2.41. The van der Waals surface area contributed by atoms with Crippen molar-refractivity contribution < 1.29 is 36.7 Å². The molecule has 2 aromatic rings. The molecule has 0 aromatic heterocycles. The second-order valence-corrected chi connectivity index (χ2v) is 10.1. The third kappa shape index (κ3) is 4.89. The molecule has 0 bridgehead atoms. The number of hydrogen-bond acceptors (Lipinski definition) is 4. The second-order valence-electron chi connectivity index (χ2n) is 10.1. The van der Waals surface area contributed by atoms with Crippen molar-refractivity contribution in [2.45, 2.75) is 63.3 Å². The number of carbonyl (C=O) groups excluding carboxylic acids is 4. The van der Waals surface area contributed by atoms with Gasteiger partial charge in [0, 0.05) is 31.5 Å². The zero-order valence-electron chi connectivity index (χ0n) is 20.2.